The molecule has 11 nitrogen and oxygen atoms in total. The third-order valence-electron chi connectivity index (χ3n) is 9.16. The molecule has 3 aliphatic rings. The lowest BCUT2D eigenvalue weighted by molar-refractivity contribution is -0.190. The molecule has 5 heterocycles. The van der Waals surface area contributed by atoms with Crippen molar-refractivity contribution in [1.29, 1.82) is 0 Å². The summed E-state index contributed by atoms with van der Waals surface area (Å²) in [6.07, 6.45) is 0.689. The minimum Gasteiger partial charge on any atom is -0.477 e. The quantitative estimate of drug-likeness (QED) is 0.413. The first kappa shape index (κ1) is 31.1. The lowest BCUT2D eigenvalue weighted by Gasteiger charge is -2.38. The van der Waals surface area contributed by atoms with Gasteiger partial charge in [-0.1, -0.05) is 6.07 Å². The number of rotatable bonds is 5. The van der Waals surface area contributed by atoms with E-state index in [0.717, 1.165) is 25.7 Å². The fraction of sp³-hybridized carbons (Fsp3) is 0.533. The number of amides is 1. The number of anilines is 2. The number of pyridine rings is 2. The van der Waals surface area contributed by atoms with Crippen LogP contribution in [0.4, 0.5) is 24.8 Å². The molecular weight excluding hydrogens is 611 g/mol. The molecule has 1 saturated heterocycles. The van der Waals surface area contributed by atoms with Crippen LogP contribution in [0.2, 0.25) is 0 Å². The zero-order valence-electron chi connectivity index (χ0n) is 25.3. The van der Waals surface area contributed by atoms with Crippen LogP contribution in [-0.4, -0.2) is 72.0 Å². The Morgan fingerprint density at radius 3 is 2.56 bits per heavy atom. The molecule has 6 rings (SSSR count). The highest BCUT2D eigenvalue weighted by Crippen LogP contribution is 2.59. The summed E-state index contributed by atoms with van der Waals surface area (Å²) in [6, 6.07) is 9.29. The third kappa shape index (κ3) is 6.06. The molecule has 0 radical (unpaired) electrons. The summed E-state index contributed by atoms with van der Waals surface area (Å²) in [5, 5.41) is 4.10. The predicted octanol–water partition coefficient (Wildman–Crippen LogP) is 4.87. The molecule has 1 aliphatic carbocycles. The summed E-state index contributed by atoms with van der Waals surface area (Å²) in [5.41, 5.74) is -1.98. The zero-order valence-corrected chi connectivity index (χ0v) is 26.2. The fourth-order valence-electron chi connectivity index (χ4n) is 6.29. The molecule has 0 spiro atoms. The van der Waals surface area contributed by atoms with Gasteiger partial charge >= 0.3 is 6.18 Å². The van der Waals surface area contributed by atoms with Gasteiger partial charge in [0.2, 0.25) is 5.88 Å². The van der Waals surface area contributed by atoms with Crippen molar-refractivity contribution in [3.05, 3.63) is 48.2 Å². The normalized spacial score (nSPS) is 22.2. The average molecular weight is 648 g/mol. The van der Waals surface area contributed by atoms with Crippen molar-refractivity contribution >= 4 is 27.6 Å². The van der Waals surface area contributed by atoms with Gasteiger partial charge in [-0.05, 0) is 83.1 Å². The van der Waals surface area contributed by atoms with Gasteiger partial charge in [0, 0.05) is 37.4 Å². The van der Waals surface area contributed by atoms with Crippen molar-refractivity contribution in [1.82, 2.24) is 24.5 Å². The summed E-state index contributed by atoms with van der Waals surface area (Å²) in [4.78, 5) is 26.8. The third-order valence-corrected chi connectivity index (χ3v) is 10.4. The Morgan fingerprint density at radius 2 is 1.82 bits per heavy atom. The molecular formula is C30H36F3N7O4S. The Kier molecular flexibility index (Phi) is 7.73. The molecule has 0 unspecified atom stereocenters. The molecule has 2 bridgehead atoms. The summed E-state index contributed by atoms with van der Waals surface area (Å²) in [5.74, 6) is 0.458. The number of halogens is 3. The van der Waals surface area contributed by atoms with E-state index in [1.165, 1.54) is 16.8 Å². The Hall–Kier alpha value is -3.88. The summed E-state index contributed by atoms with van der Waals surface area (Å²) in [7, 11) is -2.46. The average Bonchev–Trinajstić information content (AvgIpc) is 3.53. The van der Waals surface area contributed by atoms with E-state index in [-0.39, 0.29) is 48.4 Å². The SMILES string of the molecule is CN1CCC[C@H]2CCC(C)(C)N2c2nc(-n3ccc(OCCC4(C(F)(F)F)CC4)n3)ccc2C(=O)NS(=O)(=O)c2cccc1n2. The first-order valence-electron chi connectivity index (χ1n) is 15.0. The van der Waals surface area contributed by atoms with Crippen LogP contribution in [0.1, 0.15) is 69.2 Å². The van der Waals surface area contributed by atoms with E-state index >= 15 is 0 Å². The molecule has 1 saturated carbocycles. The lowest BCUT2D eigenvalue weighted by Crippen LogP contribution is -2.45. The fourth-order valence-corrected chi connectivity index (χ4v) is 7.22. The Morgan fingerprint density at radius 1 is 1.04 bits per heavy atom. The van der Waals surface area contributed by atoms with Crippen molar-refractivity contribution in [2.45, 2.75) is 81.6 Å². The second-order valence-corrected chi connectivity index (χ2v) is 14.4. The molecule has 3 aromatic heterocycles. The van der Waals surface area contributed by atoms with Crippen molar-refractivity contribution in [2.24, 2.45) is 5.41 Å². The highest BCUT2D eigenvalue weighted by molar-refractivity contribution is 7.90. The maximum atomic E-state index is 13.7. The van der Waals surface area contributed by atoms with Crippen LogP contribution < -0.4 is 19.3 Å². The van der Waals surface area contributed by atoms with Crippen LogP contribution >= 0.6 is 0 Å². The Bertz CT molecular complexity index is 1710. The number of alkyl halides is 3. The van der Waals surface area contributed by atoms with E-state index in [4.69, 9.17) is 9.72 Å². The highest BCUT2D eigenvalue weighted by Gasteiger charge is 2.62. The maximum absolute atomic E-state index is 13.7. The smallest absolute Gasteiger partial charge is 0.394 e. The first-order chi connectivity index (χ1) is 21.2. The van der Waals surface area contributed by atoms with Gasteiger partial charge in [-0.15, -0.1) is 5.10 Å². The van der Waals surface area contributed by atoms with E-state index in [0.29, 0.717) is 24.0 Å². The summed E-state index contributed by atoms with van der Waals surface area (Å²) >= 11 is 0. The number of fused-ring (bicyclic) bond motifs is 5. The summed E-state index contributed by atoms with van der Waals surface area (Å²) in [6.45, 7) is 4.65. The van der Waals surface area contributed by atoms with E-state index in [1.54, 1.807) is 30.5 Å². The predicted molar refractivity (Wildman–Crippen MR) is 160 cm³/mol. The van der Waals surface area contributed by atoms with E-state index < -0.39 is 33.1 Å². The number of sulfonamides is 1. The summed E-state index contributed by atoms with van der Waals surface area (Å²) < 4.78 is 75.6. The Labute approximate surface area is 259 Å². The van der Waals surface area contributed by atoms with Gasteiger partial charge in [0.05, 0.1) is 17.6 Å². The molecule has 1 amide bonds. The van der Waals surface area contributed by atoms with E-state index in [9.17, 15) is 26.4 Å². The molecule has 2 aliphatic heterocycles. The number of hydrogen-bond acceptors (Lipinski definition) is 9. The minimum absolute atomic E-state index is 0.0291. The van der Waals surface area contributed by atoms with Crippen molar-refractivity contribution in [3.63, 3.8) is 0 Å². The molecule has 45 heavy (non-hydrogen) atoms. The number of carbonyl (C=O) groups excluding carboxylic acids is 1. The van der Waals surface area contributed by atoms with Gasteiger partial charge in [0.1, 0.15) is 11.6 Å². The van der Waals surface area contributed by atoms with Crippen LogP contribution in [0.25, 0.3) is 5.82 Å². The van der Waals surface area contributed by atoms with Crippen molar-refractivity contribution in [3.8, 4) is 11.7 Å². The van der Waals surface area contributed by atoms with Crippen LogP contribution in [0.15, 0.2) is 47.6 Å². The number of hydrogen-bond donors (Lipinski definition) is 1. The molecule has 3 aromatic rings. The van der Waals surface area contributed by atoms with Crippen LogP contribution in [0, 0.1) is 5.41 Å². The number of nitrogens with one attached hydrogen (secondary N) is 1. The van der Waals surface area contributed by atoms with Gasteiger partial charge < -0.3 is 14.5 Å². The standard InChI is InChI=1S/C30H36F3N7O4S/c1-28(2)13-11-20-6-5-17-38(3)22-7-4-8-25(34-22)45(42,43)37-27(41)21-9-10-23(35-26(21)40(20)28)39-18-12-24(36-39)44-19-16-29(14-15-29)30(31,32)33/h4,7-10,12,18,20H,5-6,11,13-17,19H2,1-3H3,(H,37,41)/t20-/m0/s1. The molecule has 1 atom stereocenters. The highest BCUT2D eigenvalue weighted by atomic mass is 32.2. The number of aromatic nitrogens is 4. The van der Waals surface area contributed by atoms with Crippen LogP contribution in [0.3, 0.4) is 0 Å². The second kappa shape index (κ2) is 11.2. The lowest BCUT2D eigenvalue weighted by atomic mass is 10.0. The van der Waals surface area contributed by atoms with Gasteiger partial charge in [-0.2, -0.15) is 21.6 Å². The van der Waals surface area contributed by atoms with Gasteiger partial charge in [0.25, 0.3) is 15.9 Å². The zero-order chi connectivity index (χ0) is 32.2. The number of ether oxygens (including phenoxy) is 1. The first-order valence-corrected chi connectivity index (χ1v) is 16.5. The van der Waals surface area contributed by atoms with Crippen LogP contribution in [0.5, 0.6) is 5.88 Å². The Balaban J connectivity index is 1.33. The molecule has 1 N–H and O–H groups in total. The van der Waals surface area contributed by atoms with Gasteiger partial charge in [-0.3, -0.25) is 4.79 Å². The number of nitrogens with zero attached hydrogens (tertiary/aromatic N) is 6. The van der Waals surface area contributed by atoms with Crippen molar-refractivity contribution in [2.75, 3.05) is 30.0 Å². The van der Waals surface area contributed by atoms with E-state index in [1.807, 2.05) is 11.9 Å². The molecule has 2 fully saturated rings. The maximum Gasteiger partial charge on any atom is 0.394 e. The van der Waals surface area contributed by atoms with Gasteiger partial charge in [0.15, 0.2) is 10.8 Å². The largest absolute Gasteiger partial charge is 0.477 e. The number of carbonyl (C=O) groups is 1. The van der Waals surface area contributed by atoms with Crippen molar-refractivity contribution < 1.29 is 31.1 Å². The molecule has 15 heteroatoms. The molecule has 0 aromatic carbocycles. The van der Waals surface area contributed by atoms with E-state index in [2.05, 4.69) is 33.6 Å². The molecule has 242 valence electrons. The monoisotopic (exact) mass is 647 g/mol. The topological polar surface area (TPSA) is 123 Å². The minimum atomic E-state index is -4.31. The van der Waals surface area contributed by atoms with Crippen LogP contribution in [-0.2, 0) is 10.0 Å². The second-order valence-electron chi connectivity index (χ2n) is 12.7. The van der Waals surface area contributed by atoms with Gasteiger partial charge in [-0.25, -0.2) is 19.4 Å².